The van der Waals surface area contributed by atoms with Crippen LogP contribution >= 0.6 is 23.2 Å². The van der Waals surface area contributed by atoms with Gasteiger partial charge in [0, 0.05) is 10.9 Å². The lowest BCUT2D eigenvalue weighted by Gasteiger charge is -2.13. The molecule has 3 aromatic rings. The summed E-state index contributed by atoms with van der Waals surface area (Å²) in [6.07, 6.45) is 0. The van der Waals surface area contributed by atoms with Crippen LogP contribution in [0.15, 0.2) is 42.5 Å². The Hall–Kier alpha value is -1.77. The van der Waals surface area contributed by atoms with Gasteiger partial charge >= 0.3 is 0 Å². The van der Waals surface area contributed by atoms with Crippen LogP contribution in [0.4, 0.5) is 0 Å². The number of hydrogen-bond donors (Lipinski definition) is 0. The van der Waals surface area contributed by atoms with Gasteiger partial charge in [0.25, 0.3) is 0 Å². The minimum Gasteiger partial charge on any atom is -0.494 e. The van der Waals surface area contributed by atoms with Crippen molar-refractivity contribution in [3.8, 4) is 17.0 Å². The number of benzene rings is 2. The number of hydrogen-bond acceptors (Lipinski definition) is 2. The van der Waals surface area contributed by atoms with Gasteiger partial charge in [-0.25, -0.2) is 4.98 Å². The van der Waals surface area contributed by atoms with Crippen LogP contribution in [-0.2, 0) is 0 Å². The van der Waals surface area contributed by atoms with Crippen LogP contribution in [0.3, 0.4) is 0 Å². The Bertz CT molecular complexity index is 816. The van der Waals surface area contributed by atoms with Gasteiger partial charge < -0.3 is 4.74 Å². The second kappa shape index (κ2) is 5.55. The molecule has 106 valence electrons. The zero-order chi connectivity index (χ0) is 15.0. The Morgan fingerprint density at radius 2 is 1.71 bits per heavy atom. The Morgan fingerprint density at radius 1 is 1.00 bits per heavy atom. The Kier molecular flexibility index (Phi) is 3.75. The van der Waals surface area contributed by atoms with Gasteiger partial charge in [-0.05, 0) is 24.6 Å². The summed E-state index contributed by atoms with van der Waals surface area (Å²) in [5.41, 5.74) is 3.44. The summed E-state index contributed by atoms with van der Waals surface area (Å²) in [4.78, 5) is 4.74. The second-order valence-electron chi connectivity index (χ2n) is 4.74. The van der Waals surface area contributed by atoms with E-state index >= 15 is 0 Å². The number of rotatable bonds is 2. The van der Waals surface area contributed by atoms with Gasteiger partial charge in [0.1, 0.15) is 11.3 Å². The number of methoxy groups -OCH3 is 1. The number of fused-ring (bicyclic) bond motifs is 1. The molecule has 0 aliphatic heterocycles. The van der Waals surface area contributed by atoms with Gasteiger partial charge in [-0.3, -0.25) is 0 Å². The largest absolute Gasteiger partial charge is 0.494 e. The van der Waals surface area contributed by atoms with Crippen LogP contribution in [0.5, 0.6) is 5.75 Å². The minimum atomic E-state index is 0.575. The predicted octanol–water partition coefficient (Wildman–Crippen LogP) is 5.53. The monoisotopic (exact) mass is 317 g/mol. The summed E-state index contributed by atoms with van der Waals surface area (Å²) in [6, 6.07) is 13.5. The van der Waals surface area contributed by atoms with Crippen LogP contribution in [0, 0.1) is 6.92 Å². The average Bonchev–Trinajstić information content (AvgIpc) is 2.51. The quantitative estimate of drug-likeness (QED) is 0.620. The highest BCUT2D eigenvalue weighted by Crippen LogP contribution is 2.39. The van der Waals surface area contributed by atoms with E-state index in [0.717, 1.165) is 22.2 Å². The number of ether oxygens (including phenoxy) is 1. The van der Waals surface area contributed by atoms with Crippen molar-refractivity contribution in [3.63, 3.8) is 0 Å². The molecule has 2 nitrogen and oxygen atoms in total. The van der Waals surface area contributed by atoms with E-state index in [1.54, 1.807) is 19.2 Å². The lowest BCUT2D eigenvalue weighted by molar-refractivity contribution is 0.419. The molecule has 0 aliphatic rings. The minimum absolute atomic E-state index is 0.575. The zero-order valence-corrected chi connectivity index (χ0v) is 13.2. The van der Waals surface area contributed by atoms with Crippen molar-refractivity contribution >= 4 is 34.1 Å². The maximum atomic E-state index is 6.54. The van der Waals surface area contributed by atoms with Crippen molar-refractivity contribution < 1.29 is 4.74 Å². The molecule has 3 rings (SSSR count). The van der Waals surface area contributed by atoms with Crippen molar-refractivity contribution in [1.29, 1.82) is 0 Å². The SMILES string of the molecule is COc1ccc(Cl)c2c(Cl)c(C)c(-c3ccccc3)nc12. The van der Waals surface area contributed by atoms with E-state index in [-0.39, 0.29) is 0 Å². The number of nitrogens with zero attached hydrogens (tertiary/aromatic N) is 1. The van der Waals surface area contributed by atoms with Crippen molar-refractivity contribution in [1.82, 2.24) is 4.98 Å². The van der Waals surface area contributed by atoms with Gasteiger partial charge in [-0.1, -0.05) is 53.5 Å². The fourth-order valence-corrected chi connectivity index (χ4v) is 2.97. The van der Waals surface area contributed by atoms with E-state index in [1.165, 1.54) is 0 Å². The second-order valence-corrected chi connectivity index (χ2v) is 5.52. The molecule has 0 saturated carbocycles. The number of pyridine rings is 1. The molecule has 0 aliphatic carbocycles. The van der Waals surface area contributed by atoms with E-state index in [2.05, 4.69) is 0 Å². The van der Waals surface area contributed by atoms with Crippen LogP contribution < -0.4 is 4.74 Å². The molecule has 0 N–H and O–H groups in total. The Balaban J connectivity index is 2.41. The Morgan fingerprint density at radius 3 is 2.38 bits per heavy atom. The number of aromatic nitrogens is 1. The molecular formula is C17H13Cl2NO. The summed E-state index contributed by atoms with van der Waals surface area (Å²) in [6.45, 7) is 1.95. The Labute approximate surface area is 133 Å². The average molecular weight is 318 g/mol. The third-order valence-corrected chi connectivity index (χ3v) is 4.27. The molecule has 1 heterocycles. The van der Waals surface area contributed by atoms with Crippen molar-refractivity contribution in [2.24, 2.45) is 0 Å². The smallest absolute Gasteiger partial charge is 0.145 e. The van der Waals surface area contributed by atoms with Crippen LogP contribution in [0.2, 0.25) is 10.0 Å². The van der Waals surface area contributed by atoms with E-state index < -0.39 is 0 Å². The first-order valence-corrected chi connectivity index (χ1v) is 7.26. The van der Waals surface area contributed by atoms with Gasteiger partial charge in [0.05, 0.1) is 22.8 Å². The molecule has 0 unspecified atom stereocenters. The van der Waals surface area contributed by atoms with E-state index in [4.69, 9.17) is 32.9 Å². The summed E-state index contributed by atoms with van der Waals surface area (Å²) < 4.78 is 5.39. The third-order valence-electron chi connectivity index (χ3n) is 3.48. The first-order chi connectivity index (χ1) is 10.1. The van der Waals surface area contributed by atoms with E-state index in [1.807, 2.05) is 37.3 Å². The van der Waals surface area contributed by atoms with Gasteiger partial charge in [-0.2, -0.15) is 0 Å². The summed E-state index contributed by atoms with van der Waals surface area (Å²) in [7, 11) is 1.61. The standard InChI is InChI=1S/C17H13Cl2NO/c1-10-15(19)14-12(18)8-9-13(21-2)17(14)20-16(10)11-6-4-3-5-7-11/h3-9H,1-2H3. The summed E-state index contributed by atoms with van der Waals surface area (Å²) >= 11 is 12.8. The molecule has 0 amide bonds. The number of halogens is 2. The molecule has 2 aromatic carbocycles. The van der Waals surface area contributed by atoms with Crippen molar-refractivity contribution in [2.75, 3.05) is 7.11 Å². The molecule has 0 spiro atoms. The molecule has 0 radical (unpaired) electrons. The van der Waals surface area contributed by atoms with Gasteiger partial charge in [-0.15, -0.1) is 0 Å². The lowest BCUT2D eigenvalue weighted by Crippen LogP contribution is -1.95. The fourth-order valence-electron chi connectivity index (χ4n) is 2.40. The highest BCUT2D eigenvalue weighted by Gasteiger charge is 2.16. The van der Waals surface area contributed by atoms with E-state index in [9.17, 15) is 0 Å². The molecule has 0 saturated heterocycles. The molecule has 0 fully saturated rings. The molecule has 4 heteroatoms. The maximum Gasteiger partial charge on any atom is 0.145 e. The van der Waals surface area contributed by atoms with Crippen LogP contribution in [-0.4, -0.2) is 12.1 Å². The molecular weight excluding hydrogens is 305 g/mol. The topological polar surface area (TPSA) is 22.1 Å². The molecule has 21 heavy (non-hydrogen) atoms. The predicted molar refractivity (Wildman–Crippen MR) is 88.5 cm³/mol. The fraction of sp³-hybridized carbons (Fsp3) is 0.118. The highest BCUT2D eigenvalue weighted by molar-refractivity contribution is 6.43. The zero-order valence-electron chi connectivity index (χ0n) is 11.7. The molecule has 1 aromatic heterocycles. The molecule has 0 bridgehead atoms. The van der Waals surface area contributed by atoms with Gasteiger partial charge in [0.2, 0.25) is 0 Å². The van der Waals surface area contributed by atoms with E-state index in [0.29, 0.717) is 21.3 Å². The first-order valence-electron chi connectivity index (χ1n) is 6.51. The van der Waals surface area contributed by atoms with Crippen molar-refractivity contribution in [2.45, 2.75) is 6.92 Å². The van der Waals surface area contributed by atoms with Crippen LogP contribution in [0.1, 0.15) is 5.56 Å². The normalized spacial score (nSPS) is 10.9. The summed E-state index contributed by atoms with van der Waals surface area (Å²) in [5.74, 6) is 0.661. The highest BCUT2D eigenvalue weighted by atomic mass is 35.5. The van der Waals surface area contributed by atoms with Crippen LogP contribution in [0.25, 0.3) is 22.2 Å². The van der Waals surface area contributed by atoms with Gasteiger partial charge in [0.15, 0.2) is 0 Å². The third kappa shape index (κ3) is 2.35. The molecule has 0 atom stereocenters. The first kappa shape index (κ1) is 14.2. The maximum absolute atomic E-state index is 6.54. The summed E-state index contributed by atoms with van der Waals surface area (Å²) in [5, 5.41) is 1.92. The van der Waals surface area contributed by atoms with Crippen molar-refractivity contribution in [3.05, 3.63) is 58.1 Å². The lowest BCUT2D eigenvalue weighted by atomic mass is 10.0.